The minimum atomic E-state index is -1.06. The van der Waals surface area contributed by atoms with Crippen LogP contribution in [0.15, 0.2) is 0 Å². The van der Waals surface area contributed by atoms with E-state index in [-0.39, 0.29) is 29.7 Å². The molecule has 3 fully saturated rings. The maximum Gasteiger partial charge on any atom is 0.287 e. The molecule has 222 valence electrons. The largest absolute Gasteiger partial charge is 0.365 e. The van der Waals surface area contributed by atoms with E-state index in [4.69, 9.17) is 5.73 Å². The number of Topliss-reactive ketones (excluding diaryl/α,β-unsaturated/α-hetero) is 1. The van der Waals surface area contributed by atoms with Gasteiger partial charge in [0.05, 0.1) is 12.1 Å². The van der Waals surface area contributed by atoms with Gasteiger partial charge in [0.1, 0.15) is 6.04 Å². The van der Waals surface area contributed by atoms with Gasteiger partial charge in [-0.3, -0.25) is 29.8 Å². The van der Waals surface area contributed by atoms with Crippen molar-refractivity contribution >= 4 is 23.5 Å². The number of rotatable bonds is 12. The Kier molecular flexibility index (Phi) is 10.9. The molecule has 0 aromatic rings. The van der Waals surface area contributed by atoms with E-state index >= 15 is 0 Å². The van der Waals surface area contributed by atoms with E-state index in [1.54, 1.807) is 4.90 Å². The van der Waals surface area contributed by atoms with E-state index in [0.717, 1.165) is 44.9 Å². The number of amides is 3. The molecule has 6 N–H and O–H groups in total. The third kappa shape index (κ3) is 8.47. The Morgan fingerprint density at radius 2 is 1.64 bits per heavy atom. The Bertz CT molecular complexity index is 878. The molecule has 1 aliphatic heterocycles. The van der Waals surface area contributed by atoms with Crippen LogP contribution in [0.25, 0.3) is 0 Å². The second-order valence-corrected chi connectivity index (χ2v) is 13.4. The highest BCUT2D eigenvalue weighted by molar-refractivity contribution is 6.37. The Morgan fingerprint density at radius 1 is 1.00 bits per heavy atom. The van der Waals surface area contributed by atoms with Crippen molar-refractivity contribution < 1.29 is 24.3 Å². The highest BCUT2D eigenvalue weighted by Gasteiger charge is 2.46. The smallest absolute Gasteiger partial charge is 0.287 e. The van der Waals surface area contributed by atoms with Crippen molar-refractivity contribution in [3.63, 3.8) is 0 Å². The Balaban J connectivity index is 1.77. The molecule has 3 unspecified atom stereocenters. The minimum absolute atomic E-state index is 0.104. The maximum atomic E-state index is 14.1. The number of ketones is 1. The summed E-state index contributed by atoms with van der Waals surface area (Å²) in [4.78, 5) is 53.6. The van der Waals surface area contributed by atoms with Gasteiger partial charge in [0.2, 0.25) is 17.6 Å². The number of primary amides is 1. The zero-order chi connectivity index (χ0) is 28.9. The van der Waals surface area contributed by atoms with E-state index in [1.165, 1.54) is 6.42 Å². The van der Waals surface area contributed by atoms with E-state index < -0.39 is 47.5 Å². The van der Waals surface area contributed by atoms with Crippen molar-refractivity contribution in [2.75, 3.05) is 6.54 Å². The van der Waals surface area contributed by atoms with Crippen LogP contribution in [-0.2, 0) is 19.2 Å². The van der Waals surface area contributed by atoms with Crippen molar-refractivity contribution in [1.29, 1.82) is 0 Å². The summed E-state index contributed by atoms with van der Waals surface area (Å²) in [5.41, 5.74) is 4.75. The first-order chi connectivity index (χ1) is 18.3. The molecule has 5 atom stereocenters. The van der Waals surface area contributed by atoms with Crippen molar-refractivity contribution in [2.24, 2.45) is 28.9 Å². The number of hydrogen-bond donors (Lipinski definition) is 5. The summed E-state index contributed by atoms with van der Waals surface area (Å²) < 4.78 is 0. The van der Waals surface area contributed by atoms with Gasteiger partial charge >= 0.3 is 0 Å². The van der Waals surface area contributed by atoms with Crippen LogP contribution >= 0.6 is 0 Å². The van der Waals surface area contributed by atoms with E-state index in [9.17, 15) is 24.3 Å². The van der Waals surface area contributed by atoms with Crippen LogP contribution in [0.1, 0.15) is 98.8 Å². The standard InChI is InChI=1S/C29H51N5O5/c1-17(2)19-15-22(26(37)32-21(23(35)25(30)36)14-18-10-9-11-18)34(16-19)27(38)24(29(3,4)5)33-28(39)31-20-12-7-6-8-13-20/h17-22,24,28,31,33,39H,6-16H2,1-5H3,(H2,30,36)(H,32,37)/t19?,21?,22-,24+,28?/m0/s1. The molecular weight excluding hydrogens is 498 g/mol. The number of nitrogens with two attached hydrogens (primary N) is 1. The number of likely N-dealkylation sites (tertiary alicyclic amines) is 1. The number of nitrogens with one attached hydrogen (secondary N) is 3. The monoisotopic (exact) mass is 549 g/mol. The quantitative estimate of drug-likeness (QED) is 0.184. The summed E-state index contributed by atoms with van der Waals surface area (Å²) >= 11 is 0. The Morgan fingerprint density at radius 3 is 2.15 bits per heavy atom. The molecule has 3 rings (SSSR count). The van der Waals surface area contributed by atoms with Crippen LogP contribution in [0.2, 0.25) is 0 Å². The Hall–Kier alpha value is -2.04. The summed E-state index contributed by atoms with van der Waals surface area (Å²) in [7, 11) is 0. The van der Waals surface area contributed by atoms with Gasteiger partial charge in [0.15, 0.2) is 6.35 Å². The highest BCUT2D eigenvalue weighted by atomic mass is 16.3. The van der Waals surface area contributed by atoms with Gasteiger partial charge in [0, 0.05) is 12.6 Å². The molecule has 1 saturated heterocycles. The lowest BCUT2D eigenvalue weighted by atomic mass is 9.80. The van der Waals surface area contributed by atoms with Crippen LogP contribution < -0.4 is 21.7 Å². The SMILES string of the molecule is CC(C)C1C[C@@H](C(=O)NC(CC2CCC2)C(=O)C(N)=O)N(C(=O)[C@@H](NC(O)NC2CCCCC2)C(C)(C)C)C1. The molecule has 39 heavy (non-hydrogen) atoms. The van der Waals surface area contributed by atoms with E-state index in [0.29, 0.717) is 19.4 Å². The fraction of sp³-hybridized carbons (Fsp3) is 0.862. The fourth-order valence-electron chi connectivity index (χ4n) is 6.13. The molecule has 0 aromatic carbocycles. The second kappa shape index (κ2) is 13.5. The number of hydrogen-bond acceptors (Lipinski definition) is 7. The summed E-state index contributed by atoms with van der Waals surface area (Å²) in [5, 5.41) is 19.9. The number of carbonyl (C=O) groups excluding carboxylic acids is 4. The van der Waals surface area contributed by atoms with Crippen LogP contribution in [0.4, 0.5) is 0 Å². The molecule has 0 radical (unpaired) electrons. The minimum Gasteiger partial charge on any atom is -0.365 e. The summed E-state index contributed by atoms with van der Waals surface area (Å²) in [6.07, 6.45) is 8.19. The van der Waals surface area contributed by atoms with Gasteiger partial charge in [-0.05, 0) is 48.9 Å². The lowest BCUT2D eigenvalue weighted by Gasteiger charge is -2.38. The first kappa shape index (κ1) is 31.5. The molecular formula is C29H51N5O5. The number of aliphatic hydroxyl groups excluding tert-OH is 1. The molecule has 10 heteroatoms. The summed E-state index contributed by atoms with van der Waals surface area (Å²) in [6.45, 7) is 10.3. The molecule has 10 nitrogen and oxygen atoms in total. The predicted molar refractivity (Wildman–Crippen MR) is 149 cm³/mol. The summed E-state index contributed by atoms with van der Waals surface area (Å²) in [5.74, 6) is -1.92. The van der Waals surface area contributed by atoms with Gasteiger partial charge < -0.3 is 21.1 Å². The molecule has 0 aromatic heterocycles. The topological polar surface area (TPSA) is 154 Å². The van der Waals surface area contributed by atoms with Crippen LogP contribution in [0.5, 0.6) is 0 Å². The zero-order valence-electron chi connectivity index (χ0n) is 24.5. The average molecular weight is 550 g/mol. The number of carbonyl (C=O) groups is 4. The van der Waals surface area contributed by atoms with Crippen LogP contribution in [0, 0.1) is 23.2 Å². The predicted octanol–water partition coefficient (Wildman–Crippen LogP) is 1.79. The average Bonchev–Trinajstić information content (AvgIpc) is 3.29. The molecule has 2 saturated carbocycles. The van der Waals surface area contributed by atoms with Crippen molar-refractivity contribution in [1.82, 2.24) is 20.9 Å². The van der Waals surface area contributed by atoms with Gasteiger partial charge in [-0.15, -0.1) is 0 Å². The van der Waals surface area contributed by atoms with Gasteiger partial charge in [0.25, 0.3) is 5.91 Å². The van der Waals surface area contributed by atoms with Crippen LogP contribution in [-0.4, -0.2) is 70.6 Å². The second-order valence-electron chi connectivity index (χ2n) is 13.4. The number of nitrogens with zero attached hydrogens (tertiary/aromatic N) is 1. The first-order valence-corrected chi connectivity index (χ1v) is 14.9. The number of aliphatic hydroxyl groups is 1. The molecule has 1 heterocycles. The van der Waals surface area contributed by atoms with E-state index in [1.807, 2.05) is 20.8 Å². The van der Waals surface area contributed by atoms with Gasteiger partial charge in [-0.2, -0.15) is 0 Å². The lowest BCUT2D eigenvalue weighted by Crippen LogP contribution is -2.62. The molecule has 3 amide bonds. The third-order valence-corrected chi connectivity index (χ3v) is 8.97. The molecule has 0 bridgehead atoms. The highest BCUT2D eigenvalue weighted by Crippen LogP contribution is 2.33. The fourth-order valence-corrected chi connectivity index (χ4v) is 6.13. The first-order valence-electron chi connectivity index (χ1n) is 14.9. The van der Waals surface area contributed by atoms with E-state index in [2.05, 4.69) is 29.8 Å². The normalized spacial score (nSPS) is 25.2. The molecule has 2 aliphatic carbocycles. The van der Waals surface area contributed by atoms with Crippen molar-refractivity contribution in [3.05, 3.63) is 0 Å². The maximum absolute atomic E-state index is 14.1. The molecule has 3 aliphatic rings. The lowest BCUT2D eigenvalue weighted by molar-refractivity contribution is -0.144. The third-order valence-electron chi connectivity index (χ3n) is 8.97. The van der Waals surface area contributed by atoms with Crippen LogP contribution in [0.3, 0.4) is 0 Å². The van der Waals surface area contributed by atoms with Gasteiger partial charge in [-0.25, -0.2) is 0 Å². The van der Waals surface area contributed by atoms with Crippen molar-refractivity contribution in [2.45, 2.75) is 129 Å². The Labute approximate surface area is 233 Å². The molecule has 0 spiro atoms. The van der Waals surface area contributed by atoms with Gasteiger partial charge in [-0.1, -0.05) is 73.1 Å². The summed E-state index contributed by atoms with van der Waals surface area (Å²) in [6, 6.07) is -2.30. The zero-order valence-corrected chi connectivity index (χ0v) is 24.5. The van der Waals surface area contributed by atoms with Crippen molar-refractivity contribution in [3.8, 4) is 0 Å².